The molecule has 5 rings (SSSR count). The Balaban J connectivity index is 1.32. The highest BCUT2D eigenvalue weighted by Crippen LogP contribution is 2.35. The van der Waals surface area contributed by atoms with Gasteiger partial charge in [0.15, 0.2) is 11.4 Å². The second kappa shape index (κ2) is 11.3. The van der Waals surface area contributed by atoms with Crippen molar-refractivity contribution in [1.29, 1.82) is 0 Å². The Morgan fingerprint density at radius 2 is 1.87 bits per heavy atom. The number of amides is 1. The molecule has 1 amide bonds. The van der Waals surface area contributed by atoms with E-state index in [0.29, 0.717) is 60.8 Å². The molecule has 3 heterocycles. The molecule has 0 unspecified atom stereocenters. The lowest BCUT2D eigenvalue weighted by Crippen LogP contribution is -2.41. The first-order chi connectivity index (χ1) is 18.8. The highest BCUT2D eigenvalue weighted by molar-refractivity contribution is 6.35. The molecular formula is C29H24ClF2N3O4. The van der Waals surface area contributed by atoms with Crippen LogP contribution in [0.4, 0.5) is 14.6 Å². The summed E-state index contributed by atoms with van der Waals surface area (Å²) in [6.07, 6.45) is 5.21. The van der Waals surface area contributed by atoms with Crippen LogP contribution in [0.15, 0.2) is 59.2 Å². The number of ketones is 1. The van der Waals surface area contributed by atoms with Gasteiger partial charge in [-0.2, -0.15) is 0 Å². The number of nitrogens with zero attached hydrogens (tertiary/aromatic N) is 2. The number of morpholine rings is 1. The highest BCUT2D eigenvalue weighted by Gasteiger charge is 2.24. The number of fused-ring (bicyclic) bond motifs is 1. The number of furan rings is 1. The second-order valence-corrected chi connectivity index (χ2v) is 9.53. The lowest BCUT2D eigenvalue weighted by Gasteiger charge is -2.27. The Bertz CT molecular complexity index is 1580. The summed E-state index contributed by atoms with van der Waals surface area (Å²) in [5, 5.41) is 0.792. The average molecular weight is 552 g/mol. The number of halogens is 3. The summed E-state index contributed by atoms with van der Waals surface area (Å²) in [6.45, 7) is 1.34. The minimum absolute atomic E-state index is 0.0324. The van der Waals surface area contributed by atoms with Crippen molar-refractivity contribution in [1.82, 2.24) is 9.88 Å². The molecule has 7 nitrogen and oxygen atoms in total. The quantitative estimate of drug-likeness (QED) is 0.296. The molecule has 4 aromatic rings. The Kier molecular flexibility index (Phi) is 7.72. The molecule has 2 aromatic heterocycles. The molecule has 1 aliphatic heterocycles. The number of nitrogens with two attached hydrogens (primary N) is 1. The summed E-state index contributed by atoms with van der Waals surface area (Å²) in [5.41, 5.74) is 6.66. The first-order valence-electron chi connectivity index (χ1n) is 12.3. The molecule has 1 saturated heterocycles. The van der Waals surface area contributed by atoms with Crippen molar-refractivity contribution in [3.63, 3.8) is 0 Å². The Morgan fingerprint density at radius 1 is 1.08 bits per heavy atom. The number of anilines is 1. The normalized spacial score (nSPS) is 13.9. The molecule has 10 heteroatoms. The van der Waals surface area contributed by atoms with E-state index in [2.05, 4.69) is 4.98 Å². The third-order valence-corrected chi connectivity index (χ3v) is 6.69. The van der Waals surface area contributed by atoms with Crippen LogP contribution >= 0.6 is 11.6 Å². The summed E-state index contributed by atoms with van der Waals surface area (Å²) in [4.78, 5) is 30.4. The summed E-state index contributed by atoms with van der Waals surface area (Å²) in [6, 6.07) is 10.2. The molecule has 1 aliphatic rings. The summed E-state index contributed by atoms with van der Waals surface area (Å²) in [7, 11) is 0. The van der Waals surface area contributed by atoms with Crippen LogP contribution in [0, 0.1) is 11.6 Å². The molecule has 200 valence electrons. The van der Waals surface area contributed by atoms with Crippen molar-refractivity contribution >= 4 is 46.2 Å². The smallest absolute Gasteiger partial charge is 0.257 e. The van der Waals surface area contributed by atoms with Crippen LogP contribution < -0.4 is 5.73 Å². The number of aryl methyl sites for hydroxylation is 1. The van der Waals surface area contributed by atoms with E-state index >= 15 is 4.39 Å². The third-order valence-electron chi connectivity index (χ3n) is 6.41. The largest absolute Gasteiger partial charge is 0.459 e. The number of benzene rings is 2. The zero-order chi connectivity index (χ0) is 27.5. The molecule has 0 spiro atoms. The van der Waals surface area contributed by atoms with Gasteiger partial charge in [0.05, 0.1) is 23.8 Å². The lowest BCUT2D eigenvalue weighted by molar-refractivity contribution is -0.114. The van der Waals surface area contributed by atoms with E-state index in [1.54, 1.807) is 36.5 Å². The maximum Gasteiger partial charge on any atom is 0.257 e. The van der Waals surface area contributed by atoms with Crippen molar-refractivity contribution in [3.05, 3.63) is 88.3 Å². The number of aromatic nitrogens is 1. The topological polar surface area (TPSA) is 98.7 Å². The number of carbonyl (C=O) groups is 2. The number of pyridine rings is 1. The number of hydrogen-bond acceptors (Lipinski definition) is 6. The van der Waals surface area contributed by atoms with Crippen LogP contribution in [-0.2, 0) is 16.0 Å². The predicted octanol–water partition coefficient (Wildman–Crippen LogP) is 5.70. The van der Waals surface area contributed by atoms with E-state index in [1.807, 2.05) is 0 Å². The van der Waals surface area contributed by atoms with Gasteiger partial charge in [-0.15, -0.1) is 0 Å². The molecular weight excluding hydrogens is 528 g/mol. The van der Waals surface area contributed by atoms with Crippen LogP contribution in [-0.4, -0.2) is 47.9 Å². The zero-order valence-electron chi connectivity index (χ0n) is 20.8. The Morgan fingerprint density at radius 3 is 2.62 bits per heavy atom. The van der Waals surface area contributed by atoms with Crippen molar-refractivity contribution in [2.75, 3.05) is 32.0 Å². The van der Waals surface area contributed by atoms with E-state index in [4.69, 9.17) is 26.5 Å². The van der Waals surface area contributed by atoms with Crippen LogP contribution in [0.3, 0.4) is 0 Å². The van der Waals surface area contributed by atoms with E-state index in [9.17, 15) is 14.0 Å². The van der Waals surface area contributed by atoms with Crippen LogP contribution in [0.25, 0.3) is 28.2 Å². The van der Waals surface area contributed by atoms with Crippen molar-refractivity contribution < 1.29 is 27.5 Å². The Labute approximate surface area is 227 Å². The Hall–Kier alpha value is -4.08. The highest BCUT2D eigenvalue weighted by atomic mass is 35.5. The molecule has 0 bridgehead atoms. The van der Waals surface area contributed by atoms with E-state index < -0.39 is 17.5 Å². The van der Waals surface area contributed by atoms with Gasteiger partial charge in [0.1, 0.15) is 23.2 Å². The lowest BCUT2D eigenvalue weighted by atomic mass is 10.0. The standard InChI is InChI=1S/C29H24ClF2N3O4/c30-24-13-18(22-14-26(32)23(15-25(22)31)29(37)35-7-9-38-10-8-35)11-19-12-21(39-28(19)24)5-4-20(36)3-1-17-2-6-27(33)34-16-17/h1-3,6,11-16H,4-5,7-10H2,(H2,33,34)/b3-1+. The second-order valence-electron chi connectivity index (χ2n) is 9.12. The maximum absolute atomic E-state index is 15.1. The molecule has 2 aromatic carbocycles. The van der Waals surface area contributed by atoms with Gasteiger partial charge < -0.3 is 19.8 Å². The predicted molar refractivity (Wildman–Crippen MR) is 144 cm³/mol. The van der Waals surface area contributed by atoms with Crippen LogP contribution in [0.2, 0.25) is 5.02 Å². The van der Waals surface area contributed by atoms with Gasteiger partial charge >= 0.3 is 0 Å². The van der Waals surface area contributed by atoms with Gasteiger partial charge in [0, 0.05) is 43.1 Å². The first-order valence-corrected chi connectivity index (χ1v) is 12.7. The molecule has 39 heavy (non-hydrogen) atoms. The number of hydrogen-bond donors (Lipinski definition) is 1. The van der Waals surface area contributed by atoms with Gasteiger partial charge in [0.25, 0.3) is 5.91 Å². The zero-order valence-corrected chi connectivity index (χ0v) is 21.5. The van der Waals surface area contributed by atoms with E-state index in [-0.39, 0.29) is 28.4 Å². The summed E-state index contributed by atoms with van der Waals surface area (Å²) >= 11 is 6.42. The van der Waals surface area contributed by atoms with Crippen molar-refractivity contribution in [2.45, 2.75) is 12.8 Å². The summed E-state index contributed by atoms with van der Waals surface area (Å²) < 4.78 is 41.1. The van der Waals surface area contributed by atoms with E-state index in [0.717, 1.165) is 17.7 Å². The van der Waals surface area contributed by atoms with Crippen molar-refractivity contribution in [2.24, 2.45) is 0 Å². The number of carbonyl (C=O) groups excluding carboxylic acids is 2. The molecule has 0 atom stereocenters. The number of allylic oxidation sites excluding steroid dienone is 1. The number of rotatable bonds is 7. The molecule has 0 radical (unpaired) electrons. The maximum atomic E-state index is 15.1. The van der Waals surface area contributed by atoms with Crippen molar-refractivity contribution in [3.8, 4) is 11.1 Å². The van der Waals surface area contributed by atoms with Crippen LogP contribution in [0.5, 0.6) is 0 Å². The molecule has 0 aliphatic carbocycles. The minimum Gasteiger partial charge on any atom is -0.459 e. The van der Waals surface area contributed by atoms with E-state index in [1.165, 1.54) is 17.0 Å². The number of ether oxygens (including phenoxy) is 1. The van der Waals surface area contributed by atoms with Gasteiger partial charge in [-0.1, -0.05) is 11.6 Å². The SMILES string of the molecule is Nc1ccc(/C=C/C(=O)CCc2cc3cc(-c4cc(F)c(C(=O)N5CCOCC5)cc4F)cc(Cl)c3o2)cn1. The van der Waals surface area contributed by atoms with Gasteiger partial charge in [-0.25, -0.2) is 13.8 Å². The summed E-state index contributed by atoms with van der Waals surface area (Å²) in [5.74, 6) is -1.34. The van der Waals surface area contributed by atoms with Gasteiger partial charge in [-0.3, -0.25) is 9.59 Å². The van der Waals surface area contributed by atoms with Crippen LogP contribution in [0.1, 0.15) is 28.1 Å². The van der Waals surface area contributed by atoms with Gasteiger partial charge in [0.2, 0.25) is 0 Å². The molecule has 2 N–H and O–H groups in total. The fourth-order valence-corrected chi connectivity index (χ4v) is 4.61. The minimum atomic E-state index is -0.826. The van der Waals surface area contributed by atoms with Gasteiger partial charge in [-0.05, 0) is 65.7 Å². The fourth-order valence-electron chi connectivity index (χ4n) is 4.35. The monoisotopic (exact) mass is 551 g/mol. The first kappa shape index (κ1) is 26.5. The molecule has 1 fully saturated rings. The molecule has 0 saturated carbocycles. The third kappa shape index (κ3) is 6.00. The number of nitrogen functional groups attached to an aromatic ring is 1. The average Bonchev–Trinajstić information content (AvgIpc) is 3.36. The fraction of sp³-hybridized carbons (Fsp3) is 0.207.